The number of methoxy groups -OCH3 is 1. The maximum absolute atomic E-state index is 6.01. The fourth-order valence-corrected chi connectivity index (χ4v) is 1.94. The molecule has 0 amide bonds. The van der Waals surface area contributed by atoms with Crippen molar-refractivity contribution in [2.24, 2.45) is 16.5 Å². The van der Waals surface area contributed by atoms with E-state index in [4.69, 9.17) is 16.2 Å². The Labute approximate surface area is 162 Å². The van der Waals surface area contributed by atoms with E-state index in [0.29, 0.717) is 12.2 Å². The van der Waals surface area contributed by atoms with Gasteiger partial charge in [0.2, 0.25) is 0 Å². The predicted molar refractivity (Wildman–Crippen MR) is 76.3 cm³/mol. The third kappa shape index (κ3) is 4.22. The maximum Gasteiger partial charge on any atom is 1.00 e. The summed E-state index contributed by atoms with van der Waals surface area (Å²) in [5.74, 6) is 1.28. The zero-order chi connectivity index (χ0) is 13.1. The van der Waals surface area contributed by atoms with E-state index in [0.717, 1.165) is 16.9 Å². The molecule has 0 bridgehead atoms. The van der Waals surface area contributed by atoms with Gasteiger partial charge in [-0.15, -0.1) is 0 Å². The number of nitrogens with two attached hydrogens (primary N) is 2. The molecular formula is C12H17KN4OS. The molecule has 0 spiro atoms. The van der Waals surface area contributed by atoms with Crippen molar-refractivity contribution in [3.8, 4) is 5.75 Å². The van der Waals surface area contributed by atoms with Crippen LogP contribution in [0.15, 0.2) is 40.7 Å². The molecule has 4 N–H and O–H groups in total. The Morgan fingerprint density at radius 1 is 1.42 bits per heavy atom. The molecule has 1 atom stereocenters. The normalized spacial score (nSPS) is 18.3. The standard InChI is InChI=1S/C12H16N4OS.K.H/c1-17-9-4-2-8(3-5-9)6-10-11(13)15-7-16(18)12(10)14;;/h2-5,7,12,18H,6,13-14H2,1H3;;/q;+1;-1. The summed E-state index contributed by atoms with van der Waals surface area (Å²) in [6.45, 7) is 0. The minimum absolute atomic E-state index is 0. The summed E-state index contributed by atoms with van der Waals surface area (Å²) in [7, 11) is 1.64. The number of aliphatic imine (C=N–C) groups is 1. The van der Waals surface area contributed by atoms with Crippen LogP contribution < -0.4 is 67.6 Å². The van der Waals surface area contributed by atoms with Crippen LogP contribution in [0, 0.1) is 0 Å². The van der Waals surface area contributed by atoms with Crippen LogP contribution in [0.25, 0.3) is 0 Å². The average Bonchev–Trinajstić information content (AvgIpc) is 2.40. The largest absolute Gasteiger partial charge is 1.00 e. The van der Waals surface area contributed by atoms with Gasteiger partial charge in [0.25, 0.3) is 0 Å². The summed E-state index contributed by atoms with van der Waals surface area (Å²) >= 11 is 4.20. The van der Waals surface area contributed by atoms with Crippen molar-refractivity contribution < 1.29 is 57.5 Å². The monoisotopic (exact) mass is 304 g/mol. The molecule has 1 aromatic carbocycles. The molecule has 1 aliphatic heterocycles. The van der Waals surface area contributed by atoms with Gasteiger partial charge in [-0.2, -0.15) is 0 Å². The maximum atomic E-state index is 6.01. The average molecular weight is 304 g/mol. The van der Waals surface area contributed by atoms with E-state index in [9.17, 15) is 0 Å². The first-order chi connectivity index (χ1) is 8.61. The number of rotatable bonds is 3. The van der Waals surface area contributed by atoms with Crippen LogP contribution in [0.4, 0.5) is 0 Å². The molecule has 98 valence electrons. The summed E-state index contributed by atoms with van der Waals surface area (Å²) in [4.78, 5) is 4.05. The number of hydrogen-bond donors (Lipinski definition) is 3. The zero-order valence-electron chi connectivity index (χ0n) is 12.1. The Kier molecular flexibility index (Phi) is 6.88. The molecule has 0 radical (unpaired) electrons. The second-order valence-electron chi connectivity index (χ2n) is 4.00. The molecule has 7 heteroatoms. The van der Waals surface area contributed by atoms with Gasteiger partial charge < -0.3 is 17.6 Å². The van der Waals surface area contributed by atoms with E-state index in [1.165, 1.54) is 10.6 Å². The van der Waals surface area contributed by atoms with Crippen LogP contribution in [0.3, 0.4) is 0 Å². The molecule has 0 aliphatic carbocycles. The number of hydrogen-bond acceptors (Lipinski definition) is 6. The Morgan fingerprint density at radius 2 is 2.05 bits per heavy atom. The minimum Gasteiger partial charge on any atom is -1.00 e. The van der Waals surface area contributed by atoms with E-state index < -0.39 is 0 Å². The predicted octanol–water partition coefficient (Wildman–Crippen LogP) is -2.00. The van der Waals surface area contributed by atoms with Crippen molar-refractivity contribution in [2.45, 2.75) is 12.6 Å². The number of ether oxygens (including phenoxy) is 1. The van der Waals surface area contributed by atoms with Crippen LogP contribution in [0.5, 0.6) is 5.75 Å². The molecule has 19 heavy (non-hydrogen) atoms. The van der Waals surface area contributed by atoms with Crippen molar-refractivity contribution >= 4 is 19.2 Å². The minimum atomic E-state index is -0.354. The summed E-state index contributed by atoms with van der Waals surface area (Å²) in [5, 5.41) is 0. The molecule has 1 aliphatic rings. The molecule has 0 saturated heterocycles. The third-order valence-corrected chi connectivity index (χ3v) is 3.19. The van der Waals surface area contributed by atoms with Crippen LogP contribution in [-0.4, -0.2) is 23.9 Å². The first-order valence-electron chi connectivity index (χ1n) is 5.50. The van der Waals surface area contributed by atoms with Crippen molar-refractivity contribution in [1.29, 1.82) is 0 Å². The van der Waals surface area contributed by atoms with Crippen molar-refractivity contribution in [3.05, 3.63) is 41.2 Å². The number of thiol groups is 1. The van der Waals surface area contributed by atoms with Crippen molar-refractivity contribution in [1.82, 2.24) is 4.31 Å². The third-order valence-electron chi connectivity index (χ3n) is 2.84. The van der Waals surface area contributed by atoms with Gasteiger partial charge in [0, 0.05) is 12.0 Å². The SMILES string of the molecule is COc1ccc(CC2=C(N)N=CN(S)C2N)cc1.[H-].[K+]. The quantitative estimate of drug-likeness (QED) is 0.446. The number of benzene rings is 1. The van der Waals surface area contributed by atoms with Crippen LogP contribution in [0.2, 0.25) is 0 Å². The van der Waals surface area contributed by atoms with Crippen LogP contribution in [-0.2, 0) is 6.42 Å². The summed E-state index contributed by atoms with van der Waals surface area (Å²) in [6.07, 6.45) is 1.80. The molecule has 0 saturated carbocycles. The summed E-state index contributed by atoms with van der Waals surface area (Å²) in [6, 6.07) is 7.77. The van der Waals surface area contributed by atoms with E-state index in [1.807, 2.05) is 24.3 Å². The number of nitrogens with zero attached hydrogens (tertiary/aromatic N) is 2. The summed E-state index contributed by atoms with van der Waals surface area (Å²) in [5.41, 5.74) is 13.8. The first kappa shape index (κ1) is 17.0. The smallest absolute Gasteiger partial charge is 1.00 e. The van der Waals surface area contributed by atoms with Gasteiger partial charge in [0.15, 0.2) is 0 Å². The van der Waals surface area contributed by atoms with E-state index in [1.54, 1.807) is 7.11 Å². The molecule has 0 fully saturated rings. The molecule has 0 aromatic heterocycles. The van der Waals surface area contributed by atoms with Gasteiger partial charge >= 0.3 is 51.4 Å². The van der Waals surface area contributed by atoms with E-state index >= 15 is 0 Å². The molecule has 1 heterocycles. The van der Waals surface area contributed by atoms with Crippen LogP contribution in [0.1, 0.15) is 6.99 Å². The fraction of sp³-hybridized carbons (Fsp3) is 0.250. The fourth-order valence-electron chi connectivity index (χ4n) is 1.75. The Balaban J connectivity index is 0.00000180. The van der Waals surface area contributed by atoms with Gasteiger partial charge in [-0.25, -0.2) is 4.99 Å². The Hall–Kier alpha value is -0.0236. The Morgan fingerprint density at radius 3 is 2.63 bits per heavy atom. The summed E-state index contributed by atoms with van der Waals surface area (Å²) < 4.78 is 6.65. The topological polar surface area (TPSA) is 76.9 Å². The van der Waals surface area contributed by atoms with Gasteiger partial charge in [-0.3, -0.25) is 4.31 Å². The zero-order valence-corrected chi connectivity index (χ0v) is 15.1. The van der Waals surface area contributed by atoms with Gasteiger partial charge in [-0.1, -0.05) is 24.9 Å². The van der Waals surface area contributed by atoms with E-state index in [-0.39, 0.29) is 59.0 Å². The Bertz CT molecular complexity index is 495. The van der Waals surface area contributed by atoms with Gasteiger partial charge in [-0.05, 0) is 17.7 Å². The van der Waals surface area contributed by atoms with Crippen molar-refractivity contribution in [2.75, 3.05) is 7.11 Å². The molecule has 2 rings (SSSR count). The molecule has 1 aromatic rings. The second-order valence-corrected chi connectivity index (χ2v) is 4.47. The van der Waals surface area contributed by atoms with Crippen LogP contribution >= 0.6 is 12.8 Å². The molecule has 5 nitrogen and oxygen atoms in total. The van der Waals surface area contributed by atoms with Gasteiger partial charge in [0.1, 0.15) is 24.1 Å². The van der Waals surface area contributed by atoms with Gasteiger partial charge in [0.05, 0.1) is 7.11 Å². The van der Waals surface area contributed by atoms with E-state index in [2.05, 4.69) is 17.8 Å². The van der Waals surface area contributed by atoms with Crippen molar-refractivity contribution in [3.63, 3.8) is 0 Å². The first-order valence-corrected chi connectivity index (χ1v) is 5.90. The second kappa shape index (κ2) is 7.68. The molecular weight excluding hydrogens is 287 g/mol. The molecule has 1 unspecified atom stereocenters.